The largest absolute Gasteiger partial charge is 0.472 e. The van der Waals surface area contributed by atoms with Crippen LogP contribution in [-0.2, 0) is 27.7 Å². The van der Waals surface area contributed by atoms with Crippen LogP contribution in [-0.4, -0.2) is 115 Å². The van der Waals surface area contributed by atoms with Crippen LogP contribution in [0.25, 0.3) is 11.2 Å². The van der Waals surface area contributed by atoms with Crippen molar-refractivity contribution in [3.63, 3.8) is 0 Å². The number of aliphatic hydroxyl groups is 2. The molecule has 3 aliphatic heterocycles. The Hall–Kier alpha value is -2.58. The standard InChI is InChI=1S/C25H30F2N8O9P2S2/c26-14-19(41-12(6-36)20(14)43-45(38)47)11-5-29-17-16(11)30-8-33-24(17)40-4-2-1-3-28-22-18-23(32-9-31-22)35(10-34-18)25-15(27)21(44-46(39)48)13(7-37)42-25/h1-2,5,8-15,19-21,25,36-37,45-46H,3-4,6-7H2,(H,38,47)(H,39,48)(H,28,31,32)/b2-1+/t11?,12-,13-,14+,15-,19+,20-,21-,25-/m1/s1. The van der Waals surface area contributed by atoms with Crippen LogP contribution in [0, 0.1) is 0 Å². The fourth-order valence-electron chi connectivity index (χ4n) is 5.67. The normalized spacial score (nSPS) is 31.1. The molecule has 3 unspecified atom stereocenters. The average molecular weight is 751 g/mol. The Morgan fingerprint density at radius 3 is 2.40 bits per heavy atom. The Morgan fingerprint density at radius 2 is 1.67 bits per heavy atom. The van der Waals surface area contributed by atoms with Crippen LogP contribution in [0.2, 0.25) is 0 Å². The Kier molecular flexibility index (Phi) is 11.4. The summed E-state index contributed by atoms with van der Waals surface area (Å²) in [6.07, 6.45) is -1.69. The number of hydrogen-bond acceptors (Lipinski definition) is 16. The molecule has 48 heavy (non-hydrogen) atoms. The Balaban J connectivity index is 1.05. The number of rotatable bonds is 14. The summed E-state index contributed by atoms with van der Waals surface area (Å²) in [5.74, 6) is -0.200. The van der Waals surface area contributed by atoms with E-state index in [0.29, 0.717) is 29.3 Å². The maximum Gasteiger partial charge on any atom is 0.243 e. The molecule has 3 aromatic heterocycles. The fourth-order valence-corrected chi connectivity index (χ4v) is 7.43. The first-order valence-electron chi connectivity index (χ1n) is 14.4. The molecule has 0 aromatic carbocycles. The molecule has 0 radical (unpaired) electrons. The summed E-state index contributed by atoms with van der Waals surface area (Å²) in [7, 11) is -5.58. The van der Waals surface area contributed by atoms with Gasteiger partial charge in [-0.15, -0.1) is 0 Å². The van der Waals surface area contributed by atoms with E-state index in [-0.39, 0.29) is 18.1 Å². The smallest absolute Gasteiger partial charge is 0.243 e. The van der Waals surface area contributed by atoms with Crippen LogP contribution < -0.4 is 10.1 Å². The van der Waals surface area contributed by atoms with E-state index < -0.39 is 82.7 Å². The Bertz CT molecular complexity index is 1730. The van der Waals surface area contributed by atoms with Gasteiger partial charge in [-0.25, -0.2) is 28.7 Å². The number of aliphatic hydroxyl groups excluding tert-OH is 2. The lowest BCUT2D eigenvalue weighted by molar-refractivity contribution is -0.0427. The van der Waals surface area contributed by atoms with E-state index in [1.165, 1.54) is 29.8 Å². The highest BCUT2D eigenvalue weighted by molar-refractivity contribution is 8.39. The summed E-state index contributed by atoms with van der Waals surface area (Å²) in [6, 6.07) is 0. The number of halogens is 2. The number of aromatic nitrogens is 6. The minimum Gasteiger partial charge on any atom is -0.472 e. The highest BCUT2D eigenvalue weighted by Gasteiger charge is 2.51. The molecule has 6 heterocycles. The molecule has 23 heteroatoms. The molecular formula is C25H30F2N8O9P2S2. The number of nitrogens with zero attached hydrogens (tertiary/aromatic N) is 7. The highest BCUT2D eigenvalue weighted by Crippen LogP contribution is 2.45. The van der Waals surface area contributed by atoms with Crippen LogP contribution >= 0.6 is 39.0 Å². The zero-order chi connectivity index (χ0) is 33.9. The molecule has 3 N–H and O–H groups in total. The molecule has 17 nitrogen and oxygen atoms in total. The van der Waals surface area contributed by atoms with Crippen LogP contribution in [0.15, 0.2) is 36.1 Å². The summed E-state index contributed by atoms with van der Waals surface area (Å²) >= 11 is 7.42. The molecule has 0 aliphatic carbocycles. The summed E-state index contributed by atoms with van der Waals surface area (Å²) in [4.78, 5) is 25.4. The van der Waals surface area contributed by atoms with Crippen molar-refractivity contribution >= 4 is 67.8 Å². The molecule has 11 atom stereocenters. The van der Waals surface area contributed by atoms with Crippen molar-refractivity contribution in [2.45, 2.75) is 55.0 Å². The van der Waals surface area contributed by atoms with Crippen molar-refractivity contribution in [1.29, 1.82) is 0 Å². The minimum absolute atomic E-state index is 0.0916. The van der Waals surface area contributed by atoms with Crippen molar-refractivity contribution < 1.29 is 51.4 Å². The summed E-state index contributed by atoms with van der Waals surface area (Å²) in [6.45, 7) is -0.707. The van der Waals surface area contributed by atoms with E-state index in [1.54, 1.807) is 12.2 Å². The number of hydrogen-bond donors (Lipinski definition) is 5. The Labute approximate surface area is 282 Å². The van der Waals surface area contributed by atoms with Gasteiger partial charge in [0.2, 0.25) is 20.3 Å². The van der Waals surface area contributed by atoms with E-state index in [0.717, 1.165) is 0 Å². The third-order valence-corrected chi connectivity index (χ3v) is 9.36. The predicted molar refractivity (Wildman–Crippen MR) is 174 cm³/mol. The van der Waals surface area contributed by atoms with E-state index in [4.69, 9.17) is 23.3 Å². The minimum atomic E-state index is -2.79. The molecule has 3 aromatic rings. The van der Waals surface area contributed by atoms with E-state index in [1.807, 2.05) is 0 Å². The van der Waals surface area contributed by atoms with E-state index >= 15 is 8.78 Å². The van der Waals surface area contributed by atoms with Crippen LogP contribution in [0.4, 0.5) is 20.3 Å². The second kappa shape index (κ2) is 15.5. The van der Waals surface area contributed by atoms with Gasteiger partial charge in [0.1, 0.15) is 55.5 Å². The number of aliphatic imine (C=N–C) groups is 1. The molecular weight excluding hydrogens is 720 g/mol. The molecule has 0 saturated carbocycles. The topological polar surface area (TPSA) is 215 Å². The average Bonchev–Trinajstić information content (AvgIpc) is 3.83. The lowest BCUT2D eigenvalue weighted by Gasteiger charge is -2.19. The van der Waals surface area contributed by atoms with Gasteiger partial charge in [-0.1, -0.05) is 30.6 Å². The van der Waals surface area contributed by atoms with Crippen molar-refractivity contribution in [1.82, 2.24) is 29.5 Å². The van der Waals surface area contributed by atoms with Gasteiger partial charge in [0.05, 0.1) is 31.2 Å². The van der Waals surface area contributed by atoms with Gasteiger partial charge in [-0.05, 0) is 6.08 Å². The molecule has 0 spiro atoms. The van der Waals surface area contributed by atoms with Crippen molar-refractivity contribution in [3.8, 4) is 5.88 Å². The van der Waals surface area contributed by atoms with E-state index in [9.17, 15) is 19.3 Å². The number of anilines is 1. The monoisotopic (exact) mass is 750 g/mol. The first-order chi connectivity index (χ1) is 23.2. The molecule has 2 fully saturated rings. The van der Waals surface area contributed by atoms with Gasteiger partial charge in [0.15, 0.2) is 35.6 Å². The number of ether oxygens (including phenoxy) is 3. The fraction of sp³-hybridized carbons (Fsp3) is 0.520. The first-order valence-corrected chi connectivity index (χ1v) is 19.6. The van der Waals surface area contributed by atoms with Gasteiger partial charge in [0.25, 0.3) is 0 Å². The molecule has 2 saturated heterocycles. The van der Waals surface area contributed by atoms with Crippen LogP contribution in [0.1, 0.15) is 17.8 Å². The number of alkyl halides is 2. The highest BCUT2D eigenvalue weighted by atomic mass is 32.7. The molecule has 0 bridgehead atoms. The zero-order valence-corrected chi connectivity index (χ0v) is 28.3. The van der Waals surface area contributed by atoms with Gasteiger partial charge < -0.3 is 38.8 Å². The third kappa shape index (κ3) is 7.17. The zero-order valence-electron chi connectivity index (χ0n) is 24.5. The third-order valence-electron chi connectivity index (χ3n) is 7.78. The summed E-state index contributed by atoms with van der Waals surface area (Å²) in [5, 5.41) is 22.3. The van der Waals surface area contributed by atoms with Gasteiger partial charge in [-0.2, -0.15) is 4.98 Å². The second-order valence-corrected chi connectivity index (χ2v) is 14.3. The number of imidazole rings is 1. The van der Waals surface area contributed by atoms with Crippen LogP contribution in [0.3, 0.4) is 0 Å². The lowest BCUT2D eigenvalue weighted by atomic mass is 9.95. The SMILES string of the molecule is O=[PH](S)O[C@H]1[C@@H](F)[C@H](n2cnc3c(NC/C=C/COc4ncnc5c4N=CC5[C@@H]4O[C@H](CO)[C@@H](O[PH](=O)S)[C@H]4F)ncnc32)O[C@@H]1CO. The van der Waals surface area contributed by atoms with Gasteiger partial charge >= 0.3 is 0 Å². The predicted octanol–water partition coefficient (Wildman–Crippen LogP) is 2.20. The first kappa shape index (κ1) is 35.3. The number of nitrogens with one attached hydrogen (secondary N) is 1. The number of thiol groups is 2. The second-order valence-electron chi connectivity index (χ2n) is 10.6. The molecule has 3 aliphatic rings. The lowest BCUT2D eigenvalue weighted by Crippen LogP contribution is -2.33. The maximum absolute atomic E-state index is 15.3. The van der Waals surface area contributed by atoms with Crippen molar-refractivity contribution in [3.05, 3.63) is 36.8 Å². The van der Waals surface area contributed by atoms with Crippen LogP contribution in [0.5, 0.6) is 5.88 Å². The van der Waals surface area contributed by atoms with Gasteiger partial charge in [-0.3, -0.25) is 18.7 Å². The molecule has 6 rings (SSSR count). The summed E-state index contributed by atoms with van der Waals surface area (Å²) < 4.78 is 82.1. The number of fused-ring (bicyclic) bond motifs is 2. The molecule has 260 valence electrons. The maximum atomic E-state index is 15.3. The molecule has 0 amide bonds. The van der Waals surface area contributed by atoms with Gasteiger partial charge in [0, 0.05) is 12.8 Å². The van der Waals surface area contributed by atoms with E-state index in [2.05, 4.69) is 59.7 Å². The quantitative estimate of drug-likeness (QED) is 0.0908. The summed E-state index contributed by atoms with van der Waals surface area (Å²) in [5.41, 5.74) is 1.27. The van der Waals surface area contributed by atoms with Crippen molar-refractivity contribution in [2.75, 3.05) is 31.7 Å². The Morgan fingerprint density at radius 1 is 0.958 bits per heavy atom. The van der Waals surface area contributed by atoms with Crippen molar-refractivity contribution in [2.24, 2.45) is 4.99 Å².